The lowest BCUT2D eigenvalue weighted by atomic mass is 10.2. The zero-order chi connectivity index (χ0) is 16.8. The van der Waals surface area contributed by atoms with Crippen LogP contribution >= 0.6 is 0 Å². The molecule has 1 saturated heterocycles. The maximum absolute atomic E-state index is 9.33. The standard InChI is InChI=1S/C18H28N4O2/c1-14-6-7-17(24-14)18-15(12-20-21-18)11-19-8-2-3-9-22-10-4-5-16(22)13-23/h6-7,12,16,19,23H,2-5,8-11,13H2,1H3,(H,20,21). The molecule has 24 heavy (non-hydrogen) atoms. The molecule has 0 spiro atoms. The van der Waals surface area contributed by atoms with E-state index in [1.807, 2.05) is 25.3 Å². The average Bonchev–Trinajstić information content (AvgIpc) is 3.30. The number of aromatic amines is 1. The van der Waals surface area contributed by atoms with E-state index in [1.54, 1.807) is 0 Å². The molecule has 3 heterocycles. The van der Waals surface area contributed by atoms with Crippen molar-refractivity contribution in [2.75, 3.05) is 26.2 Å². The van der Waals surface area contributed by atoms with Crippen molar-refractivity contribution in [3.63, 3.8) is 0 Å². The number of nitrogens with one attached hydrogen (secondary N) is 2. The topological polar surface area (TPSA) is 77.3 Å². The molecular formula is C18H28N4O2. The van der Waals surface area contributed by atoms with Crippen LogP contribution in [-0.4, -0.2) is 52.5 Å². The highest BCUT2D eigenvalue weighted by atomic mass is 16.3. The molecule has 1 fully saturated rings. The van der Waals surface area contributed by atoms with Crippen LogP contribution in [0.4, 0.5) is 0 Å². The summed E-state index contributed by atoms with van der Waals surface area (Å²) in [5, 5.41) is 20.0. The Balaban J connectivity index is 1.36. The number of aryl methyl sites for hydroxylation is 1. The molecule has 2 aromatic heterocycles. The van der Waals surface area contributed by atoms with Crippen LogP contribution in [0, 0.1) is 6.92 Å². The number of rotatable bonds is 9. The molecule has 1 aliphatic rings. The monoisotopic (exact) mass is 332 g/mol. The normalized spacial score (nSPS) is 18.5. The van der Waals surface area contributed by atoms with Crippen molar-refractivity contribution in [3.8, 4) is 11.5 Å². The zero-order valence-electron chi connectivity index (χ0n) is 14.4. The third-order valence-electron chi connectivity index (χ3n) is 4.78. The number of furan rings is 1. The Bertz CT molecular complexity index is 622. The molecule has 0 radical (unpaired) electrons. The van der Waals surface area contributed by atoms with Crippen molar-refractivity contribution in [1.82, 2.24) is 20.4 Å². The van der Waals surface area contributed by atoms with Crippen LogP contribution in [0.2, 0.25) is 0 Å². The van der Waals surface area contributed by atoms with Crippen molar-refractivity contribution in [2.24, 2.45) is 0 Å². The number of hydrogen-bond donors (Lipinski definition) is 3. The second kappa shape index (κ2) is 8.46. The van der Waals surface area contributed by atoms with Crippen LogP contribution in [0.25, 0.3) is 11.5 Å². The summed E-state index contributed by atoms with van der Waals surface area (Å²) in [5.74, 6) is 1.74. The summed E-state index contributed by atoms with van der Waals surface area (Å²) in [6.45, 7) is 6.25. The van der Waals surface area contributed by atoms with Crippen LogP contribution in [0.15, 0.2) is 22.7 Å². The first-order valence-corrected chi connectivity index (χ1v) is 8.92. The number of hydrogen-bond acceptors (Lipinski definition) is 5. The van der Waals surface area contributed by atoms with Crippen molar-refractivity contribution in [1.29, 1.82) is 0 Å². The van der Waals surface area contributed by atoms with Crippen LogP contribution < -0.4 is 5.32 Å². The molecule has 0 saturated carbocycles. The predicted molar refractivity (Wildman–Crippen MR) is 93.6 cm³/mol. The van der Waals surface area contributed by atoms with Gasteiger partial charge in [-0.05, 0) is 64.4 Å². The van der Waals surface area contributed by atoms with E-state index in [1.165, 1.54) is 12.8 Å². The number of unbranched alkanes of at least 4 members (excludes halogenated alkanes) is 1. The SMILES string of the molecule is Cc1ccc(-c2[nH]ncc2CNCCCCN2CCCC2CO)o1. The average molecular weight is 332 g/mol. The van der Waals surface area contributed by atoms with E-state index >= 15 is 0 Å². The first-order chi connectivity index (χ1) is 11.8. The molecule has 3 N–H and O–H groups in total. The predicted octanol–water partition coefficient (Wildman–Crippen LogP) is 2.30. The smallest absolute Gasteiger partial charge is 0.152 e. The van der Waals surface area contributed by atoms with E-state index in [-0.39, 0.29) is 0 Å². The molecule has 0 aliphatic carbocycles. The van der Waals surface area contributed by atoms with Crippen molar-refractivity contribution in [2.45, 2.75) is 45.2 Å². The second-order valence-electron chi connectivity index (χ2n) is 6.58. The van der Waals surface area contributed by atoms with Gasteiger partial charge >= 0.3 is 0 Å². The van der Waals surface area contributed by atoms with Gasteiger partial charge in [-0.25, -0.2) is 0 Å². The Hall–Kier alpha value is -1.63. The first-order valence-electron chi connectivity index (χ1n) is 8.92. The minimum absolute atomic E-state index is 0.299. The summed E-state index contributed by atoms with van der Waals surface area (Å²) in [7, 11) is 0. The lowest BCUT2D eigenvalue weighted by Crippen LogP contribution is -2.33. The molecular weight excluding hydrogens is 304 g/mol. The van der Waals surface area contributed by atoms with Gasteiger partial charge in [0.25, 0.3) is 0 Å². The van der Waals surface area contributed by atoms with E-state index in [0.717, 1.165) is 61.8 Å². The number of aliphatic hydroxyl groups is 1. The van der Waals surface area contributed by atoms with E-state index in [4.69, 9.17) is 4.42 Å². The molecule has 132 valence electrons. The fraction of sp³-hybridized carbons (Fsp3) is 0.611. The molecule has 0 amide bonds. The summed E-state index contributed by atoms with van der Waals surface area (Å²) in [4.78, 5) is 2.42. The van der Waals surface area contributed by atoms with Crippen LogP contribution in [0.3, 0.4) is 0 Å². The van der Waals surface area contributed by atoms with Crippen molar-refractivity contribution in [3.05, 3.63) is 29.7 Å². The van der Waals surface area contributed by atoms with Gasteiger partial charge in [-0.2, -0.15) is 5.10 Å². The van der Waals surface area contributed by atoms with Gasteiger partial charge < -0.3 is 14.8 Å². The molecule has 2 aromatic rings. The van der Waals surface area contributed by atoms with E-state index < -0.39 is 0 Å². The Morgan fingerprint density at radius 3 is 3.12 bits per heavy atom. The highest BCUT2D eigenvalue weighted by Crippen LogP contribution is 2.23. The van der Waals surface area contributed by atoms with Gasteiger partial charge in [0.1, 0.15) is 11.5 Å². The molecule has 6 heteroatoms. The Morgan fingerprint density at radius 1 is 1.42 bits per heavy atom. The summed E-state index contributed by atoms with van der Waals surface area (Å²) in [6.07, 6.45) is 6.53. The maximum atomic E-state index is 9.33. The number of likely N-dealkylation sites (tertiary alicyclic amines) is 1. The minimum atomic E-state index is 0.299. The van der Waals surface area contributed by atoms with Gasteiger partial charge in [-0.3, -0.25) is 10.00 Å². The lowest BCUT2D eigenvalue weighted by molar-refractivity contribution is 0.157. The Labute approximate surface area is 143 Å². The third kappa shape index (κ3) is 4.26. The summed E-state index contributed by atoms with van der Waals surface area (Å²) >= 11 is 0. The molecule has 1 aliphatic heterocycles. The number of aromatic nitrogens is 2. The quantitative estimate of drug-likeness (QED) is 0.614. The van der Waals surface area contributed by atoms with E-state index in [2.05, 4.69) is 20.4 Å². The largest absolute Gasteiger partial charge is 0.460 e. The summed E-state index contributed by atoms with van der Waals surface area (Å²) in [6, 6.07) is 4.33. The van der Waals surface area contributed by atoms with Gasteiger partial charge in [-0.1, -0.05) is 0 Å². The van der Waals surface area contributed by atoms with Gasteiger partial charge in [0.05, 0.1) is 12.8 Å². The van der Waals surface area contributed by atoms with E-state index in [0.29, 0.717) is 12.6 Å². The highest BCUT2D eigenvalue weighted by molar-refractivity contribution is 5.56. The van der Waals surface area contributed by atoms with Crippen LogP contribution in [0.1, 0.15) is 37.0 Å². The summed E-state index contributed by atoms with van der Waals surface area (Å²) in [5.41, 5.74) is 2.09. The molecule has 1 unspecified atom stereocenters. The van der Waals surface area contributed by atoms with Crippen LogP contribution in [-0.2, 0) is 6.54 Å². The highest BCUT2D eigenvalue weighted by Gasteiger charge is 2.22. The minimum Gasteiger partial charge on any atom is -0.460 e. The molecule has 0 bridgehead atoms. The van der Waals surface area contributed by atoms with Crippen molar-refractivity contribution >= 4 is 0 Å². The van der Waals surface area contributed by atoms with Gasteiger partial charge in [0, 0.05) is 18.2 Å². The molecule has 3 rings (SSSR count). The first kappa shape index (κ1) is 17.2. The Morgan fingerprint density at radius 2 is 2.33 bits per heavy atom. The maximum Gasteiger partial charge on any atom is 0.152 e. The zero-order valence-corrected chi connectivity index (χ0v) is 14.4. The van der Waals surface area contributed by atoms with Gasteiger partial charge in [0.2, 0.25) is 0 Å². The molecule has 1 atom stereocenters. The molecule has 0 aromatic carbocycles. The van der Waals surface area contributed by atoms with Crippen LogP contribution in [0.5, 0.6) is 0 Å². The Kier molecular flexibility index (Phi) is 6.07. The van der Waals surface area contributed by atoms with Gasteiger partial charge in [-0.15, -0.1) is 0 Å². The third-order valence-corrected chi connectivity index (χ3v) is 4.78. The summed E-state index contributed by atoms with van der Waals surface area (Å²) < 4.78 is 5.67. The number of H-pyrrole nitrogens is 1. The van der Waals surface area contributed by atoms with Gasteiger partial charge in [0.15, 0.2) is 5.76 Å². The second-order valence-corrected chi connectivity index (χ2v) is 6.58. The van der Waals surface area contributed by atoms with E-state index in [9.17, 15) is 5.11 Å². The fourth-order valence-electron chi connectivity index (χ4n) is 3.41. The lowest BCUT2D eigenvalue weighted by Gasteiger charge is -2.22. The number of nitrogens with zero attached hydrogens (tertiary/aromatic N) is 2. The fourth-order valence-corrected chi connectivity index (χ4v) is 3.41. The van der Waals surface area contributed by atoms with Crippen molar-refractivity contribution < 1.29 is 9.52 Å². The number of aliphatic hydroxyl groups excluding tert-OH is 1. The molecule has 6 nitrogen and oxygen atoms in total.